The summed E-state index contributed by atoms with van der Waals surface area (Å²) in [7, 11) is -3.63. The van der Waals surface area contributed by atoms with Gasteiger partial charge >= 0.3 is 0 Å². The number of halogens is 1. The summed E-state index contributed by atoms with van der Waals surface area (Å²) in [6.45, 7) is 2.00. The predicted molar refractivity (Wildman–Crippen MR) is 107 cm³/mol. The van der Waals surface area contributed by atoms with Gasteiger partial charge in [-0.25, -0.2) is 18.1 Å². The summed E-state index contributed by atoms with van der Waals surface area (Å²) in [5.41, 5.74) is 1.95. The van der Waals surface area contributed by atoms with E-state index in [4.69, 9.17) is 0 Å². The lowest BCUT2D eigenvalue weighted by Gasteiger charge is -2.06. The second kappa shape index (κ2) is 7.83. The summed E-state index contributed by atoms with van der Waals surface area (Å²) in [5.74, 6) is -0.292. The Hall–Kier alpha value is -1.81. The van der Waals surface area contributed by atoms with Crippen LogP contribution in [0, 0.1) is 6.92 Å². The molecule has 0 spiro atoms. The molecule has 0 bridgehead atoms. The summed E-state index contributed by atoms with van der Waals surface area (Å²) >= 11 is 4.65. The average Bonchev–Trinajstić information content (AvgIpc) is 2.96. The highest BCUT2D eigenvalue weighted by atomic mass is 79.9. The van der Waals surface area contributed by atoms with Crippen LogP contribution < -0.4 is 10.0 Å². The number of aryl methyl sites for hydroxylation is 1. The molecular formula is C17H16BrN3O3S2. The van der Waals surface area contributed by atoms with E-state index in [1.54, 1.807) is 12.1 Å². The summed E-state index contributed by atoms with van der Waals surface area (Å²) in [6, 6.07) is 12.2. The van der Waals surface area contributed by atoms with E-state index in [0.717, 1.165) is 20.3 Å². The van der Waals surface area contributed by atoms with E-state index in [1.807, 2.05) is 25.1 Å². The van der Waals surface area contributed by atoms with Crippen LogP contribution in [0.15, 0.2) is 51.8 Å². The normalized spacial score (nSPS) is 11.6. The van der Waals surface area contributed by atoms with E-state index in [0.29, 0.717) is 5.13 Å². The Kier molecular flexibility index (Phi) is 5.71. The minimum Gasteiger partial charge on any atom is -0.302 e. The van der Waals surface area contributed by atoms with Crippen LogP contribution >= 0.6 is 27.3 Å². The van der Waals surface area contributed by atoms with Crippen LogP contribution in [0.4, 0.5) is 5.13 Å². The number of hydrogen-bond donors (Lipinski definition) is 2. The highest BCUT2D eigenvalue weighted by Gasteiger charge is 2.14. The van der Waals surface area contributed by atoms with Crippen LogP contribution in [-0.2, 0) is 14.8 Å². The fourth-order valence-electron chi connectivity index (χ4n) is 2.26. The summed E-state index contributed by atoms with van der Waals surface area (Å²) < 4.78 is 28.5. The Morgan fingerprint density at radius 2 is 1.92 bits per heavy atom. The molecule has 0 fully saturated rings. The van der Waals surface area contributed by atoms with Crippen LogP contribution in [0.25, 0.3) is 10.2 Å². The van der Waals surface area contributed by atoms with Gasteiger partial charge in [0.1, 0.15) is 0 Å². The standard InChI is InChI=1S/C17H16BrN3O3S2/c1-11-2-7-14-15(10-11)25-17(20-14)21-16(22)8-9-19-26(23,24)13-5-3-12(18)4-6-13/h2-7,10,19H,8-9H2,1H3,(H,20,21,22). The Morgan fingerprint density at radius 1 is 1.19 bits per heavy atom. The molecule has 0 saturated carbocycles. The lowest BCUT2D eigenvalue weighted by atomic mass is 10.2. The van der Waals surface area contributed by atoms with Crippen LogP contribution in [0.3, 0.4) is 0 Å². The molecule has 3 aromatic rings. The Bertz CT molecular complexity index is 1050. The first kappa shape index (κ1) is 19.0. The molecule has 0 radical (unpaired) electrons. The zero-order chi connectivity index (χ0) is 18.7. The van der Waals surface area contributed by atoms with Crippen molar-refractivity contribution in [3.05, 3.63) is 52.5 Å². The van der Waals surface area contributed by atoms with Gasteiger partial charge in [0.05, 0.1) is 15.1 Å². The molecule has 1 heterocycles. The molecule has 0 atom stereocenters. The number of anilines is 1. The van der Waals surface area contributed by atoms with Gasteiger partial charge in [-0.15, -0.1) is 0 Å². The molecule has 136 valence electrons. The summed E-state index contributed by atoms with van der Waals surface area (Å²) in [5, 5.41) is 3.22. The van der Waals surface area contributed by atoms with Gasteiger partial charge in [-0.05, 0) is 48.9 Å². The smallest absolute Gasteiger partial charge is 0.240 e. The molecule has 0 aliphatic heterocycles. The number of aromatic nitrogens is 1. The average molecular weight is 454 g/mol. The second-order valence-corrected chi connectivity index (χ2v) is 9.35. The van der Waals surface area contributed by atoms with Crippen molar-refractivity contribution in [1.29, 1.82) is 0 Å². The number of carbonyl (C=O) groups excluding carboxylic acids is 1. The van der Waals surface area contributed by atoms with Gasteiger partial charge in [0, 0.05) is 17.4 Å². The van der Waals surface area contributed by atoms with Crippen molar-refractivity contribution >= 4 is 58.5 Å². The molecule has 2 N–H and O–H groups in total. The maximum atomic E-state index is 12.2. The Morgan fingerprint density at radius 3 is 2.65 bits per heavy atom. The number of nitrogens with zero attached hydrogens (tertiary/aromatic N) is 1. The number of nitrogens with one attached hydrogen (secondary N) is 2. The number of hydrogen-bond acceptors (Lipinski definition) is 5. The number of carbonyl (C=O) groups is 1. The summed E-state index contributed by atoms with van der Waals surface area (Å²) in [4.78, 5) is 16.5. The van der Waals surface area contributed by atoms with Crippen molar-refractivity contribution in [2.75, 3.05) is 11.9 Å². The molecule has 0 saturated heterocycles. The third kappa shape index (κ3) is 4.67. The van der Waals surface area contributed by atoms with E-state index in [1.165, 1.54) is 23.5 Å². The molecule has 26 heavy (non-hydrogen) atoms. The fraction of sp³-hybridized carbons (Fsp3) is 0.176. The molecule has 0 aliphatic carbocycles. The summed E-state index contributed by atoms with van der Waals surface area (Å²) in [6.07, 6.45) is 0.0186. The topological polar surface area (TPSA) is 88.2 Å². The van der Waals surface area contributed by atoms with Gasteiger partial charge in [0.25, 0.3) is 0 Å². The zero-order valence-electron chi connectivity index (χ0n) is 13.8. The zero-order valence-corrected chi connectivity index (χ0v) is 17.0. The minimum absolute atomic E-state index is 0.00817. The molecule has 9 heteroatoms. The molecule has 2 aromatic carbocycles. The lowest BCUT2D eigenvalue weighted by Crippen LogP contribution is -2.27. The van der Waals surface area contributed by atoms with Crippen molar-refractivity contribution in [2.45, 2.75) is 18.2 Å². The van der Waals surface area contributed by atoms with E-state index in [2.05, 4.69) is 31.0 Å². The SMILES string of the molecule is Cc1ccc2nc(NC(=O)CCNS(=O)(=O)c3ccc(Br)cc3)sc2c1. The number of fused-ring (bicyclic) bond motifs is 1. The highest BCUT2D eigenvalue weighted by molar-refractivity contribution is 9.10. The molecule has 6 nitrogen and oxygen atoms in total. The maximum Gasteiger partial charge on any atom is 0.240 e. The number of rotatable bonds is 6. The second-order valence-electron chi connectivity index (χ2n) is 5.64. The van der Waals surface area contributed by atoms with E-state index in [9.17, 15) is 13.2 Å². The highest BCUT2D eigenvalue weighted by Crippen LogP contribution is 2.26. The van der Waals surface area contributed by atoms with Crippen LogP contribution in [0.2, 0.25) is 0 Å². The molecule has 0 unspecified atom stereocenters. The largest absolute Gasteiger partial charge is 0.302 e. The van der Waals surface area contributed by atoms with Crippen molar-refractivity contribution in [3.63, 3.8) is 0 Å². The molecule has 1 amide bonds. The molecule has 3 rings (SSSR count). The third-order valence-corrected chi connectivity index (χ3v) is 6.50. The number of sulfonamides is 1. The van der Waals surface area contributed by atoms with E-state index in [-0.39, 0.29) is 23.8 Å². The lowest BCUT2D eigenvalue weighted by molar-refractivity contribution is -0.116. The predicted octanol–water partition coefficient (Wildman–Crippen LogP) is 3.67. The van der Waals surface area contributed by atoms with Crippen molar-refractivity contribution in [1.82, 2.24) is 9.71 Å². The van der Waals surface area contributed by atoms with E-state index < -0.39 is 10.0 Å². The Balaban J connectivity index is 1.55. The van der Waals surface area contributed by atoms with Crippen LogP contribution in [0.1, 0.15) is 12.0 Å². The number of thiazole rings is 1. The maximum absolute atomic E-state index is 12.2. The van der Waals surface area contributed by atoms with Gasteiger partial charge in [0.15, 0.2) is 5.13 Å². The monoisotopic (exact) mass is 453 g/mol. The molecular weight excluding hydrogens is 438 g/mol. The van der Waals surface area contributed by atoms with Crippen molar-refractivity contribution in [2.24, 2.45) is 0 Å². The first-order valence-electron chi connectivity index (χ1n) is 7.76. The minimum atomic E-state index is -3.63. The van der Waals surface area contributed by atoms with Gasteiger partial charge in [-0.3, -0.25) is 4.79 Å². The van der Waals surface area contributed by atoms with Gasteiger partial charge in [0.2, 0.25) is 15.9 Å². The number of amides is 1. The number of benzene rings is 2. The first-order valence-corrected chi connectivity index (χ1v) is 10.8. The van der Waals surface area contributed by atoms with Gasteiger partial charge in [-0.1, -0.05) is 33.3 Å². The van der Waals surface area contributed by atoms with Crippen LogP contribution in [0.5, 0.6) is 0 Å². The van der Waals surface area contributed by atoms with E-state index >= 15 is 0 Å². The first-order chi connectivity index (χ1) is 12.3. The van der Waals surface area contributed by atoms with Crippen molar-refractivity contribution in [3.8, 4) is 0 Å². The van der Waals surface area contributed by atoms with Crippen molar-refractivity contribution < 1.29 is 13.2 Å². The van der Waals surface area contributed by atoms with Gasteiger partial charge in [-0.2, -0.15) is 0 Å². The van der Waals surface area contributed by atoms with Gasteiger partial charge < -0.3 is 5.32 Å². The molecule has 1 aromatic heterocycles. The fourth-order valence-corrected chi connectivity index (χ4v) is 4.54. The third-order valence-electron chi connectivity index (χ3n) is 3.56. The molecule has 0 aliphatic rings. The Labute approximate surface area is 163 Å². The quantitative estimate of drug-likeness (QED) is 0.595. The van der Waals surface area contributed by atoms with Crippen LogP contribution in [-0.4, -0.2) is 25.9 Å².